The number of rotatable bonds is 16. The third kappa shape index (κ3) is 13.7. The lowest BCUT2D eigenvalue weighted by atomic mass is 9.83. The number of halogens is 1. The summed E-state index contributed by atoms with van der Waals surface area (Å²) in [5.74, 6) is 1.29. The van der Waals surface area contributed by atoms with Crippen molar-refractivity contribution in [2.45, 2.75) is 120 Å². The molecule has 3 saturated heterocycles. The highest BCUT2D eigenvalue weighted by Crippen LogP contribution is 2.49. The summed E-state index contributed by atoms with van der Waals surface area (Å²) in [6.45, 7) is 9.19. The molecule has 0 aliphatic carbocycles. The number of nitrogens with zero attached hydrogens (tertiary/aromatic N) is 6. The van der Waals surface area contributed by atoms with Gasteiger partial charge in [0.15, 0.2) is 5.72 Å². The molecule has 2 unspecified atom stereocenters. The molecule has 5 aliphatic rings. The van der Waals surface area contributed by atoms with Crippen molar-refractivity contribution in [2.24, 2.45) is 22.2 Å². The Morgan fingerprint density at radius 2 is 1.85 bits per heavy atom. The molecule has 4 bridgehead atoms. The second-order valence-corrected chi connectivity index (χ2v) is 22.7. The highest BCUT2D eigenvalue weighted by atomic mass is 35.5. The van der Waals surface area contributed by atoms with Crippen LogP contribution in [-0.2, 0) is 44.5 Å². The van der Waals surface area contributed by atoms with Gasteiger partial charge in [-0.3, -0.25) is 24.7 Å². The number of allylic oxidation sites excluding steroid dienone is 3. The number of fused-ring (bicyclic) bond motifs is 5. The van der Waals surface area contributed by atoms with E-state index in [0.29, 0.717) is 48.7 Å². The van der Waals surface area contributed by atoms with Crippen molar-refractivity contribution < 1.29 is 52.8 Å². The van der Waals surface area contributed by atoms with Gasteiger partial charge in [0.2, 0.25) is 17.7 Å². The Balaban J connectivity index is 1.09. The second kappa shape index (κ2) is 25.0. The fourth-order valence-electron chi connectivity index (χ4n) is 9.76. The number of thioether (sulfide) groups is 3. The number of epoxide rings is 1. The van der Waals surface area contributed by atoms with E-state index in [1.807, 2.05) is 29.7 Å². The number of amides is 4. The van der Waals surface area contributed by atoms with Gasteiger partial charge in [0, 0.05) is 76.9 Å². The highest BCUT2D eigenvalue weighted by molar-refractivity contribution is 8.00. The van der Waals surface area contributed by atoms with E-state index in [1.165, 1.54) is 42.8 Å². The number of ether oxygens (including phenoxy) is 5. The average Bonchev–Trinajstić information content (AvgIpc) is 3.91. The largest absolute Gasteiger partial charge is 0.495 e. The molecule has 0 radical (unpaired) electrons. The summed E-state index contributed by atoms with van der Waals surface area (Å²) in [6, 6.07) is 3.04. The number of likely N-dealkylation sites (tertiary alicyclic amines) is 1. The highest BCUT2D eigenvalue weighted by Gasteiger charge is 2.64. The van der Waals surface area contributed by atoms with E-state index in [1.54, 1.807) is 63.9 Å². The molecule has 3 fully saturated rings. The summed E-state index contributed by atoms with van der Waals surface area (Å²) in [5, 5.41) is 25.8. The number of hydrogen-bond acceptors (Lipinski definition) is 17. The zero-order valence-electron chi connectivity index (χ0n) is 42.6. The van der Waals surface area contributed by atoms with Crippen molar-refractivity contribution in [3.8, 4) is 5.75 Å². The number of carbonyl (C=O) groups excluding carboxylic acids is 5. The molecule has 2 N–H and O–H groups in total. The lowest BCUT2D eigenvalue weighted by Gasteiger charge is -2.42. The van der Waals surface area contributed by atoms with Gasteiger partial charge in [-0.2, -0.15) is 40.4 Å². The molecular formula is C49H72ClN7O11S3. The molecule has 4 amide bonds. The Hall–Kier alpha value is -3.73. The van der Waals surface area contributed by atoms with Gasteiger partial charge < -0.3 is 43.5 Å². The Morgan fingerprint density at radius 1 is 1.13 bits per heavy atom. The Morgan fingerprint density at radius 3 is 2.52 bits per heavy atom. The van der Waals surface area contributed by atoms with Crippen LogP contribution in [0.15, 0.2) is 46.3 Å². The topological polar surface area (TPSA) is 205 Å². The first-order valence-corrected chi connectivity index (χ1v) is 28.4. The van der Waals surface area contributed by atoms with E-state index in [0.717, 1.165) is 42.0 Å². The third-order valence-corrected chi connectivity index (χ3v) is 17.1. The van der Waals surface area contributed by atoms with Crippen molar-refractivity contribution >= 4 is 82.4 Å². The molecule has 10 atom stereocenters. The summed E-state index contributed by atoms with van der Waals surface area (Å²) in [6.07, 6.45) is 6.81. The Kier molecular flexibility index (Phi) is 19.9. The first kappa shape index (κ1) is 56.6. The fraction of sp³-hybridized carbons (Fsp3) is 0.694. The molecule has 71 heavy (non-hydrogen) atoms. The van der Waals surface area contributed by atoms with Crippen molar-refractivity contribution in [1.29, 1.82) is 0 Å². The lowest BCUT2D eigenvalue weighted by molar-refractivity contribution is -0.162. The molecule has 1 aromatic rings. The van der Waals surface area contributed by atoms with Crippen LogP contribution >= 0.6 is 46.9 Å². The van der Waals surface area contributed by atoms with Crippen molar-refractivity contribution in [2.75, 3.05) is 88.4 Å². The van der Waals surface area contributed by atoms with Gasteiger partial charge in [0.05, 0.1) is 37.1 Å². The molecule has 0 aromatic heterocycles. The number of aliphatic hydroxyl groups is 1. The zero-order chi connectivity index (χ0) is 51.8. The van der Waals surface area contributed by atoms with Gasteiger partial charge in [0.1, 0.15) is 46.8 Å². The van der Waals surface area contributed by atoms with E-state index < -0.39 is 65.7 Å². The summed E-state index contributed by atoms with van der Waals surface area (Å²) in [4.78, 5) is 72.8. The van der Waals surface area contributed by atoms with Crippen LogP contribution in [0.5, 0.6) is 5.75 Å². The smallest absolute Gasteiger partial charge is 0.409 e. The number of alkyl carbamates (subject to hydrolysis) is 1. The van der Waals surface area contributed by atoms with Gasteiger partial charge in [-0.1, -0.05) is 47.5 Å². The monoisotopic (exact) mass is 1070 g/mol. The first-order valence-electron chi connectivity index (χ1n) is 24.1. The molecule has 18 nitrogen and oxygen atoms in total. The van der Waals surface area contributed by atoms with Crippen LogP contribution in [0, 0.1) is 11.8 Å². The summed E-state index contributed by atoms with van der Waals surface area (Å²) >= 11 is 11.8. The maximum Gasteiger partial charge on any atom is 0.409 e. The number of piperidine rings is 1. The van der Waals surface area contributed by atoms with E-state index >= 15 is 0 Å². The maximum atomic E-state index is 14.4. The van der Waals surface area contributed by atoms with Crippen LogP contribution in [0.4, 0.5) is 10.5 Å². The van der Waals surface area contributed by atoms with E-state index in [4.69, 9.17) is 35.3 Å². The van der Waals surface area contributed by atoms with E-state index in [2.05, 4.69) is 33.2 Å². The minimum absolute atomic E-state index is 0.0401. The van der Waals surface area contributed by atoms with Crippen molar-refractivity contribution in [3.05, 3.63) is 46.5 Å². The van der Waals surface area contributed by atoms with Crippen molar-refractivity contribution in [3.63, 3.8) is 0 Å². The van der Waals surface area contributed by atoms with Crippen LogP contribution in [0.25, 0.3) is 0 Å². The molecule has 5 aliphatic heterocycles. The predicted octanol–water partition coefficient (Wildman–Crippen LogP) is 6.02. The van der Waals surface area contributed by atoms with E-state index in [9.17, 15) is 29.1 Å². The molecular weight excluding hydrogens is 994 g/mol. The maximum absolute atomic E-state index is 14.4. The molecule has 1 aromatic carbocycles. The SMILES string of the molecule is COc1cc2cc(c1Cl)N(C)C(=O)C[C@H](OC(=O)[C@H](C)N(C)C(=O)CCSCC(=O)N1CCC(CN3N=NC(CSC)C3CSC)CC1)[C@]1(C)O[C@H]1[C@H](C)[C@@H]1C[C@@](O)(NC(=O)O1)[C@H](OC)/C=C/C=C(\C)C2. The van der Waals surface area contributed by atoms with Crippen LogP contribution in [0.1, 0.15) is 65.4 Å². The van der Waals surface area contributed by atoms with Crippen LogP contribution in [0.3, 0.4) is 0 Å². The van der Waals surface area contributed by atoms with Gasteiger partial charge in [-0.15, -0.1) is 0 Å². The number of carbonyl (C=O) groups is 5. The molecule has 22 heteroatoms. The van der Waals surface area contributed by atoms with Crippen LogP contribution in [0.2, 0.25) is 5.02 Å². The number of methoxy groups -OCH3 is 2. The minimum Gasteiger partial charge on any atom is -0.495 e. The second-order valence-electron chi connectivity index (χ2n) is 19.4. The van der Waals surface area contributed by atoms with Gasteiger partial charge in [-0.25, -0.2) is 9.59 Å². The van der Waals surface area contributed by atoms with Crippen LogP contribution in [-0.4, -0.2) is 187 Å². The lowest BCUT2D eigenvalue weighted by Crippen LogP contribution is -2.63. The number of likely N-dealkylation sites (N-methyl/N-ethyl adjacent to an activating group) is 1. The molecule has 5 heterocycles. The minimum atomic E-state index is -1.85. The van der Waals surface area contributed by atoms with Crippen LogP contribution < -0.4 is 15.0 Å². The fourth-order valence-corrected chi connectivity index (χ4v) is 12.3. The number of esters is 1. The summed E-state index contributed by atoms with van der Waals surface area (Å²) in [7, 11) is 6.01. The third-order valence-electron chi connectivity index (χ3n) is 14.4. The van der Waals surface area contributed by atoms with Gasteiger partial charge >= 0.3 is 12.1 Å². The molecule has 0 spiro atoms. The quantitative estimate of drug-likeness (QED) is 0.110. The van der Waals surface area contributed by atoms with Gasteiger partial charge in [0.25, 0.3) is 0 Å². The number of benzene rings is 1. The molecule has 0 saturated carbocycles. The Labute approximate surface area is 436 Å². The van der Waals surface area contributed by atoms with Gasteiger partial charge in [-0.05, 0) is 76.2 Å². The Bertz CT molecular complexity index is 2180. The van der Waals surface area contributed by atoms with Crippen molar-refractivity contribution in [1.82, 2.24) is 20.1 Å². The molecule has 6 rings (SSSR count). The molecule has 394 valence electrons. The number of anilines is 1. The summed E-state index contributed by atoms with van der Waals surface area (Å²) < 4.78 is 29.5. The first-order chi connectivity index (χ1) is 33.8. The number of hydrogen-bond donors (Lipinski definition) is 2. The average molecular weight is 1070 g/mol. The number of nitrogens with one attached hydrogen (secondary N) is 1. The standard InChI is InChI=1S/C49H72ClN7O11S3/c1-29-12-11-13-39(65-8)49(63)24-38(66-47(62)51-49)30(2)45-48(4,68-45)40(23-42(59)55(6)35-21-33(20-29)22-37(64-7)44(35)50)67-46(61)31(3)54(5)41(58)16-19-71-28-43(60)56-17-14-32(15-18-56)25-57-36(27-70-10)34(26-69-9)52-53-57/h11-13,21-22,30-32,34,36,38-40,45,63H,14-20,23-28H2,1-10H3,(H,51,62)/b13-11+,29-12+/t30-,31+,34?,36?,38+,39-,40+,45+,48+,49+/m1/s1. The van der Waals surface area contributed by atoms with E-state index in [-0.39, 0.29) is 47.9 Å². The normalized spacial score (nSPS) is 30.9. The summed E-state index contributed by atoms with van der Waals surface area (Å²) in [5.41, 5.74) is -1.03. The predicted molar refractivity (Wildman–Crippen MR) is 278 cm³/mol. The zero-order valence-corrected chi connectivity index (χ0v) is 45.8.